The Labute approximate surface area is 182 Å². The summed E-state index contributed by atoms with van der Waals surface area (Å²) in [6.45, 7) is 2.22. The molecular weight excluding hydrogens is 420 g/mol. The normalized spacial score (nSPS) is 18.2. The summed E-state index contributed by atoms with van der Waals surface area (Å²) >= 11 is 0. The Balaban J connectivity index is 1.34. The van der Waals surface area contributed by atoms with Crippen LogP contribution in [0.25, 0.3) is 0 Å². The number of hydrogen-bond donors (Lipinski definition) is 0. The van der Waals surface area contributed by atoms with E-state index in [0.29, 0.717) is 50.5 Å². The zero-order valence-electron chi connectivity index (χ0n) is 17.4. The van der Waals surface area contributed by atoms with Gasteiger partial charge in [-0.15, -0.1) is 0 Å². The predicted octanol–water partition coefficient (Wildman–Crippen LogP) is 1.95. The van der Waals surface area contributed by atoms with E-state index in [9.17, 15) is 13.2 Å². The van der Waals surface area contributed by atoms with E-state index in [1.807, 2.05) is 0 Å². The fourth-order valence-corrected chi connectivity index (χ4v) is 5.38. The van der Waals surface area contributed by atoms with Gasteiger partial charge >= 0.3 is 6.01 Å². The van der Waals surface area contributed by atoms with Gasteiger partial charge in [-0.3, -0.25) is 4.79 Å². The van der Waals surface area contributed by atoms with E-state index in [-0.39, 0.29) is 22.9 Å². The van der Waals surface area contributed by atoms with Gasteiger partial charge in [0.05, 0.1) is 12.0 Å². The fourth-order valence-electron chi connectivity index (χ4n) is 3.87. The average Bonchev–Trinajstić information content (AvgIpc) is 3.35. The maximum absolute atomic E-state index is 12.9. The van der Waals surface area contributed by atoms with Crippen molar-refractivity contribution in [3.05, 3.63) is 42.1 Å². The highest BCUT2D eigenvalue weighted by molar-refractivity contribution is 7.89. The van der Waals surface area contributed by atoms with Crippen molar-refractivity contribution in [1.82, 2.24) is 19.2 Å². The molecule has 2 aliphatic heterocycles. The summed E-state index contributed by atoms with van der Waals surface area (Å²) in [7, 11) is -1.98. The number of benzene rings is 1. The van der Waals surface area contributed by atoms with E-state index in [4.69, 9.17) is 9.47 Å². The summed E-state index contributed by atoms with van der Waals surface area (Å²) in [6.07, 6.45) is 4.67. The van der Waals surface area contributed by atoms with Crippen LogP contribution in [0, 0.1) is 0 Å². The van der Waals surface area contributed by atoms with Crippen LogP contribution >= 0.6 is 0 Å². The molecular formula is C21H26N4O5S. The van der Waals surface area contributed by atoms with E-state index in [2.05, 4.69) is 9.97 Å². The number of sulfonamides is 1. The van der Waals surface area contributed by atoms with Crippen molar-refractivity contribution in [3.63, 3.8) is 0 Å². The number of amides is 1. The average molecular weight is 447 g/mol. The number of carbonyl (C=O) groups is 1. The molecule has 0 saturated carbocycles. The third-order valence-electron chi connectivity index (χ3n) is 5.61. The Hall–Kier alpha value is -2.72. The Bertz CT molecular complexity index is 1010. The van der Waals surface area contributed by atoms with Crippen LogP contribution in [0.2, 0.25) is 0 Å². The summed E-state index contributed by atoms with van der Waals surface area (Å²) in [4.78, 5) is 23.0. The zero-order valence-corrected chi connectivity index (χ0v) is 18.3. The molecule has 3 heterocycles. The maximum Gasteiger partial charge on any atom is 0.319 e. The summed E-state index contributed by atoms with van der Waals surface area (Å²) in [6, 6.07) is 8.18. The van der Waals surface area contributed by atoms with E-state index in [1.165, 1.54) is 23.5 Å². The van der Waals surface area contributed by atoms with Gasteiger partial charge in [-0.2, -0.15) is 9.29 Å². The molecule has 2 fully saturated rings. The molecule has 9 nitrogen and oxygen atoms in total. The van der Waals surface area contributed by atoms with Crippen LogP contribution in [0.15, 0.2) is 41.4 Å². The quantitative estimate of drug-likeness (QED) is 0.668. The Kier molecular flexibility index (Phi) is 6.38. The number of aromatic nitrogens is 2. The van der Waals surface area contributed by atoms with Crippen molar-refractivity contribution in [2.24, 2.45) is 0 Å². The summed E-state index contributed by atoms with van der Waals surface area (Å²) in [5, 5.41) is 0. The fraction of sp³-hybridized carbons (Fsp3) is 0.476. The monoisotopic (exact) mass is 446 g/mol. The zero-order chi connectivity index (χ0) is 21.8. The lowest BCUT2D eigenvalue weighted by Gasteiger charge is -2.32. The van der Waals surface area contributed by atoms with E-state index < -0.39 is 10.0 Å². The smallest absolute Gasteiger partial charge is 0.319 e. The highest BCUT2D eigenvalue weighted by Crippen LogP contribution is 2.23. The first-order valence-electron chi connectivity index (χ1n) is 10.4. The second-order valence-electron chi connectivity index (χ2n) is 7.63. The van der Waals surface area contributed by atoms with E-state index in [0.717, 1.165) is 12.8 Å². The Morgan fingerprint density at radius 1 is 1.03 bits per heavy atom. The summed E-state index contributed by atoms with van der Waals surface area (Å²) in [5.74, 6) is 0.346. The molecule has 2 aromatic rings. The molecule has 0 spiro atoms. The topological polar surface area (TPSA) is 102 Å². The molecule has 1 aromatic carbocycles. The number of hydrogen-bond acceptors (Lipinski definition) is 7. The van der Waals surface area contributed by atoms with Crippen molar-refractivity contribution in [1.29, 1.82) is 0 Å². The minimum Gasteiger partial charge on any atom is -0.474 e. The Morgan fingerprint density at radius 3 is 2.35 bits per heavy atom. The number of carbonyl (C=O) groups excluding carboxylic acids is 1. The third kappa shape index (κ3) is 4.80. The van der Waals surface area contributed by atoms with Gasteiger partial charge in [-0.25, -0.2) is 13.4 Å². The van der Waals surface area contributed by atoms with Crippen molar-refractivity contribution in [2.45, 2.75) is 36.7 Å². The van der Waals surface area contributed by atoms with Gasteiger partial charge in [0.2, 0.25) is 15.9 Å². The third-order valence-corrected chi connectivity index (χ3v) is 7.52. The molecule has 166 valence electrons. The van der Waals surface area contributed by atoms with Crippen molar-refractivity contribution >= 4 is 15.9 Å². The molecule has 10 heteroatoms. The molecule has 0 bridgehead atoms. The lowest BCUT2D eigenvalue weighted by atomic mass is 10.1. The molecule has 1 amide bonds. The lowest BCUT2D eigenvalue weighted by Crippen LogP contribution is -2.41. The van der Waals surface area contributed by atoms with E-state index >= 15 is 0 Å². The van der Waals surface area contributed by atoms with Crippen LogP contribution in [0.3, 0.4) is 0 Å². The first kappa shape index (κ1) is 21.5. The number of methoxy groups -OCH3 is 1. The molecule has 31 heavy (non-hydrogen) atoms. The second kappa shape index (κ2) is 9.19. The molecule has 0 unspecified atom stereocenters. The SMILES string of the molecule is COc1nccc(OC2CCN(C(=O)c3ccc(S(=O)(=O)N4CCCC4)cc3)CC2)n1. The molecule has 1 aromatic heterocycles. The van der Waals surface area contributed by atoms with Crippen LogP contribution in [-0.4, -0.2) is 72.9 Å². The van der Waals surface area contributed by atoms with Crippen molar-refractivity contribution in [2.75, 3.05) is 33.3 Å². The minimum absolute atomic E-state index is 0.0448. The summed E-state index contributed by atoms with van der Waals surface area (Å²) < 4.78 is 37.7. The number of piperidine rings is 1. The Morgan fingerprint density at radius 2 is 1.71 bits per heavy atom. The molecule has 2 saturated heterocycles. The van der Waals surface area contributed by atoms with Gasteiger partial charge in [0.25, 0.3) is 5.91 Å². The van der Waals surface area contributed by atoms with E-state index in [1.54, 1.807) is 29.3 Å². The van der Waals surface area contributed by atoms with Gasteiger partial charge < -0.3 is 14.4 Å². The number of rotatable bonds is 6. The second-order valence-corrected chi connectivity index (χ2v) is 9.56. The molecule has 0 N–H and O–H groups in total. The first-order chi connectivity index (χ1) is 15.0. The number of nitrogens with zero attached hydrogens (tertiary/aromatic N) is 4. The molecule has 0 aliphatic carbocycles. The van der Waals surface area contributed by atoms with Crippen molar-refractivity contribution < 1.29 is 22.7 Å². The molecule has 2 aliphatic rings. The van der Waals surface area contributed by atoms with Crippen molar-refractivity contribution in [3.8, 4) is 11.9 Å². The summed E-state index contributed by atoms with van der Waals surface area (Å²) in [5.41, 5.74) is 0.486. The van der Waals surface area contributed by atoms with Crippen LogP contribution < -0.4 is 9.47 Å². The molecule has 0 atom stereocenters. The predicted molar refractivity (Wildman–Crippen MR) is 113 cm³/mol. The van der Waals surface area contributed by atoms with Gasteiger partial charge in [0.15, 0.2) is 0 Å². The largest absolute Gasteiger partial charge is 0.474 e. The van der Waals surface area contributed by atoms with Crippen LogP contribution in [0.5, 0.6) is 11.9 Å². The lowest BCUT2D eigenvalue weighted by molar-refractivity contribution is 0.0586. The van der Waals surface area contributed by atoms with Gasteiger partial charge in [0.1, 0.15) is 6.10 Å². The minimum atomic E-state index is -3.48. The van der Waals surface area contributed by atoms with Crippen LogP contribution in [0.1, 0.15) is 36.0 Å². The van der Waals surface area contributed by atoms with Crippen LogP contribution in [0.4, 0.5) is 0 Å². The highest BCUT2D eigenvalue weighted by Gasteiger charge is 2.28. The standard InChI is InChI=1S/C21H26N4O5S/c1-29-21-22-11-8-19(23-21)30-17-9-14-24(15-10-17)20(26)16-4-6-18(7-5-16)31(27,28)25-12-2-3-13-25/h4-8,11,17H,2-3,9-10,12-15H2,1H3. The first-order valence-corrected chi connectivity index (χ1v) is 11.8. The maximum atomic E-state index is 12.9. The highest BCUT2D eigenvalue weighted by atomic mass is 32.2. The number of likely N-dealkylation sites (tertiary alicyclic amines) is 1. The number of ether oxygens (including phenoxy) is 2. The van der Waals surface area contributed by atoms with Gasteiger partial charge in [0, 0.05) is 56.8 Å². The molecule has 4 rings (SSSR count). The van der Waals surface area contributed by atoms with Crippen LogP contribution in [-0.2, 0) is 10.0 Å². The molecule has 0 radical (unpaired) electrons. The van der Waals surface area contributed by atoms with Gasteiger partial charge in [-0.1, -0.05) is 0 Å². The van der Waals surface area contributed by atoms with Gasteiger partial charge in [-0.05, 0) is 37.1 Å².